The number of hydrogen-bond donors (Lipinski definition) is 2. The van der Waals surface area contributed by atoms with Gasteiger partial charge < -0.3 is 16.0 Å². The van der Waals surface area contributed by atoms with Gasteiger partial charge in [-0.15, -0.1) is 0 Å². The van der Waals surface area contributed by atoms with Gasteiger partial charge >= 0.3 is 0 Å². The number of ketones is 1. The van der Waals surface area contributed by atoms with Gasteiger partial charge in [-0.2, -0.15) is 4.99 Å². The number of Topliss-reactive ketones (excluding diaryl/α,β-unsaturated/α-hetero) is 1. The van der Waals surface area contributed by atoms with Crippen molar-refractivity contribution in [1.29, 1.82) is 0 Å². The van der Waals surface area contributed by atoms with Crippen LogP contribution in [-0.4, -0.2) is 69.7 Å². The number of aryl methyl sites for hydroxylation is 1. The Kier molecular flexibility index (Phi) is 8.53. The van der Waals surface area contributed by atoms with E-state index in [2.05, 4.69) is 54.2 Å². The highest BCUT2D eigenvalue weighted by Crippen LogP contribution is 2.20. The average Bonchev–Trinajstić information content (AvgIpc) is 2.97. The Bertz CT molecular complexity index is 1480. The van der Waals surface area contributed by atoms with Gasteiger partial charge in [0.2, 0.25) is 5.96 Å². The van der Waals surface area contributed by atoms with Crippen LogP contribution in [-0.2, 0) is 13.0 Å². The molecule has 4 aromatic rings. The summed E-state index contributed by atoms with van der Waals surface area (Å²) >= 11 is 0. The number of nitrogens with zero attached hydrogens (tertiary/aromatic N) is 6. The summed E-state index contributed by atoms with van der Waals surface area (Å²) in [4.78, 5) is 35.0. The number of nitrogens with one attached hydrogen (secondary N) is 1. The summed E-state index contributed by atoms with van der Waals surface area (Å²) in [5.41, 5.74) is 12.4. The van der Waals surface area contributed by atoms with Crippen LogP contribution in [0.2, 0.25) is 0 Å². The maximum absolute atomic E-state index is 13.1. The number of carbonyl (C=O) groups excluding carboxylic acids is 1. The predicted molar refractivity (Wildman–Crippen MR) is 159 cm³/mol. The molecule has 0 spiro atoms. The summed E-state index contributed by atoms with van der Waals surface area (Å²) in [7, 11) is 2.16. The number of benzene rings is 2. The quantitative estimate of drug-likeness (QED) is 0.198. The Morgan fingerprint density at radius 1 is 1.00 bits per heavy atom. The summed E-state index contributed by atoms with van der Waals surface area (Å²) in [5.74, 6) is 0.473. The van der Waals surface area contributed by atoms with E-state index in [0.29, 0.717) is 17.7 Å². The molecule has 0 radical (unpaired) electrons. The van der Waals surface area contributed by atoms with Crippen molar-refractivity contribution in [3.8, 4) is 11.3 Å². The molecule has 0 amide bonds. The molecule has 3 heterocycles. The second-order valence-corrected chi connectivity index (χ2v) is 10.1. The molecule has 1 aliphatic heterocycles. The topological polar surface area (TPSA) is 113 Å². The van der Waals surface area contributed by atoms with E-state index < -0.39 is 0 Å². The Morgan fingerprint density at radius 2 is 1.77 bits per heavy atom. The first-order valence-corrected chi connectivity index (χ1v) is 13.4. The van der Waals surface area contributed by atoms with Crippen LogP contribution in [0.5, 0.6) is 0 Å². The molecule has 204 valence electrons. The molecule has 5 rings (SSSR count). The maximum Gasteiger partial charge on any atom is 0.253 e. The van der Waals surface area contributed by atoms with Crippen LogP contribution in [0.1, 0.15) is 27.0 Å². The zero-order chi connectivity index (χ0) is 27.9. The minimum absolute atomic E-state index is 0.0724. The van der Waals surface area contributed by atoms with Gasteiger partial charge in [0.25, 0.3) is 5.95 Å². The van der Waals surface area contributed by atoms with Crippen molar-refractivity contribution < 1.29 is 4.79 Å². The average molecular weight is 535 g/mol. The lowest BCUT2D eigenvalue weighted by molar-refractivity contribution is 0.0993. The number of hydrogen-bond acceptors (Lipinski definition) is 7. The number of pyridine rings is 1. The van der Waals surface area contributed by atoms with Crippen LogP contribution < -0.4 is 11.1 Å². The number of rotatable bonds is 8. The van der Waals surface area contributed by atoms with Crippen LogP contribution in [0, 0.1) is 6.92 Å². The Hall–Kier alpha value is -4.47. The smallest absolute Gasteiger partial charge is 0.253 e. The van der Waals surface area contributed by atoms with E-state index in [-0.39, 0.29) is 17.7 Å². The first kappa shape index (κ1) is 27.1. The zero-order valence-corrected chi connectivity index (χ0v) is 22.9. The van der Waals surface area contributed by atoms with Crippen molar-refractivity contribution in [2.45, 2.75) is 19.9 Å². The monoisotopic (exact) mass is 534 g/mol. The van der Waals surface area contributed by atoms with Crippen molar-refractivity contribution in [2.75, 3.05) is 38.5 Å². The number of likely N-dealkylation sites (N-methyl/N-ethyl adjacent to an activating group) is 1. The predicted octanol–water partition coefficient (Wildman–Crippen LogP) is 4.08. The zero-order valence-electron chi connectivity index (χ0n) is 22.9. The third-order valence-corrected chi connectivity index (χ3v) is 7.03. The number of aromatic nitrogens is 3. The van der Waals surface area contributed by atoms with Crippen molar-refractivity contribution >= 4 is 23.4 Å². The summed E-state index contributed by atoms with van der Waals surface area (Å²) in [6.07, 6.45) is 5.37. The Balaban J connectivity index is 1.22. The molecule has 40 heavy (non-hydrogen) atoms. The highest BCUT2D eigenvalue weighted by atomic mass is 16.1. The molecular weight excluding hydrogens is 500 g/mol. The highest BCUT2D eigenvalue weighted by Gasteiger charge is 2.15. The van der Waals surface area contributed by atoms with Crippen molar-refractivity contribution in [1.82, 2.24) is 24.8 Å². The fourth-order valence-electron chi connectivity index (χ4n) is 4.61. The van der Waals surface area contributed by atoms with Crippen LogP contribution in [0.25, 0.3) is 11.3 Å². The van der Waals surface area contributed by atoms with E-state index in [1.807, 2.05) is 49.4 Å². The summed E-state index contributed by atoms with van der Waals surface area (Å²) in [6, 6.07) is 19.4. The second-order valence-electron chi connectivity index (χ2n) is 10.1. The third kappa shape index (κ3) is 7.13. The number of carbonyl (C=O) groups is 1. The molecule has 1 aliphatic rings. The van der Waals surface area contributed by atoms with Gasteiger partial charge in [0.05, 0.1) is 5.69 Å². The first-order valence-electron chi connectivity index (χ1n) is 13.4. The van der Waals surface area contributed by atoms with Crippen LogP contribution in [0.3, 0.4) is 0 Å². The van der Waals surface area contributed by atoms with Crippen LogP contribution in [0.4, 0.5) is 11.6 Å². The van der Waals surface area contributed by atoms with Gasteiger partial charge in [-0.05, 0) is 54.9 Å². The lowest BCUT2D eigenvalue weighted by Gasteiger charge is -2.32. The molecular formula is C31H34N8O. The molecule has 1 saturated heterocycles. The standard InChI is InChI=1S/C31H34N8O/c1-22-5-6-24(19-29(40)25-9-7-23(8-10-25)21-39-16-14-38(2)15-17-39)18-28(22)35-30(32)37-31-34-13-11-27(36-31)26-4-3-12-33-20-26/h3-13,18,20H,14-17,19,21H2,1-2H3,(H3,32,34,35,36,37). The first-order chi connectivity index (χ1) is 19.4. The van der Waals surface area contributed by atoms with Crippen molar-refractivity contribution in [3.05, 3.63) is 102 Å². The molecule has 2 aromatic heterocycles. The van der Waals surface area contributed by atoms with E-state index in [0.717, 1.165) is 55.1 Å². The fraction of sp³-hybridized carbons (Fsp3) is 0.258. The lowest BCUT2D eigenvalue weighted by atomic mass is 10.00. The molecule has 0 bridgehead atoms. The molecule has 0 saturated carbocycles. The SMILES string of the molecule is Cc1ccc(CC(=O)c2ccc(CN3CCN(C)CC3)cc2)cc1NC(N)=Nc1nccc(-c2cccnc2)n1. The summed E-state index contributed by atoms with van der Waals surface area (Å²) in [5, 5.41) is 3.14. The molecule has 9 nitrogen and oxygen atoms in total. The second kappa shape index (κ2) is 12.6. The van der Waals surface area contributed by atoms with Gasteiger partial charge in [0, 0.05) is 74.5 Å². The lowest BCUT2D eigenvalue weighted by Crippen LogP contribution is -2.43. The Morgan fingerprint density at radius 3 is 2.52 bits per heavy atom. The van der Waals surface area contributed by atoms with Crippen molar-refractivity contribution in [2.24, 2.45) is 10.7 Å². The van der Waals surface area contributed by atoms with Crippen LogP contribution in [0.15, 0.2) is 84.2 Å². The number of anilines is 1. The number of nitrogens with two attached hydrogens (primary N) is 1. The highest BCUT2D eigenvalue weighted by molar-refractivity contribution is 5.98. The fourth-order valence-corrected chi connectivity index (χ4v) is 4.61. The minimum atomic E-state index is 0.0724. The van der Waals surface area contributed by atoms with Crippen LogP contribution >= 0.6 is 0 Å². The number of guanidine groups is 1. The van der Waals surface area contributed by atoms with Gasteiger partial charge in [-0.3, -0.25) is 14.7 Å². The number of aliphatic imine (C=N–C) groups is 1. The van der Waals surface area contributed by atoms with E-state index in [9.17, 15) is 4.79 Å². The van der Waals surface area contributed by atoms with Gasteiger partial charge in [0.1, 0.15) is 0 Å². The van der Waals surface area contributed by atoms with Gasteiger partial charge in [-0.25, -0.2) is 9.97 Å². The molecule has 0 aliphatic carbocycles. The van der Waals surface area contributed by atoms with Gasteiger partial charge in [0.15, 0.2) is 5.78 Å². The van der Waals surface area contributed by atoms with E-state index in [4.69, 9.17) is 5.73 Å². The Labute approximate surface area is 234 Å². The molecule has 0 atom stereocenters. The van der Waals surface area contributed by atoms with Gasteiger partial charge in [-0.1, -0.05) is 36.4 Å². The van der Waals surface area contributed by atoms with Crippen molar-refractivity contribution in [3.63, 3.8) is 0 Å². The molecule has 0 unspecified atom stereocenters. The minimum Gasteiger partial charge on any atom is -0.369 e. The van der Waals surface area contributed by atoms with E-state index >= 15 is 0 Å². The summed E-state index contributed by atoms with van der Waals surface area (Å²) in [6.45, 7) is 7.21. The summed E-state index contributed by atoms with van der Waals surface area (Å²) < 4.78 is 0. The largest absolute Gasteiger partial charge is 0.369 e. The third-order valence-electron chi connectivity index (χ3n) is 7.03. The van der Waals surface area contributed by atoms with E-state index in [1.54, 1.807) is 24.7 Å². The number of piperazine rings is 1. The molecule has 1 fully saturated rings. The maximum atomic E-state index is 13.1. The molecule has 2 aromatic carbocycles. The normalized spacial score (nSPS) is 14.7. The van der Waals surface area contributed by atoms with E-state index in [1.165, 1.54) is 5.56 Å². The molecule has 3 N–H and O–H groups in total. The molecule has 9 heteroatoms.